The molecule has 1 saturated carbocycles. The van der Waals surface area contributed by atoms with Gasteiger partial charge in [0.2, 0.25) is 0 Å². The maximum atomic E-state index is 4.43. The van der Waals surface area contributed by atoms with E-state index in [1.165, 1.54) is 11.3 Å². The molecule has 6 heteroatoms. The van der Waals surface area contributed by atoms with E-state index in [4.69, 9.17) is 0 Å². The molecule has 0 spiro atoms. The molecular weight excluding hydrogens is 371 g/mol. The topological polar surface area (TPSA) is 49.3 Å². The third-order valence-corrected chi connectivity index (χ3v) is 4.54. The molecule has 4 nitrogen and oxygen atoms in total. The predicted molar refractivity (Wildman–Crippen MR) is 92.5 cm³/mol. The van der Waals surface area contributed by atoms with Crippen molar-refractivity contribution in [2.75, 3.05) is 7.05 Å². The van der Waals surface area contributed by atoms with Crippen molar-refractivity contribution >= 4 is 41.3 Å². The fourth-order valence-corrected chi connectivity index (χ4v) is 2.85. The zero-order valence-electron chi connectivity index (χ0n) is 12.2. The number of aryl methyl sites for hydroxylation is 2. The zero-order valence-corrected chi connectivity index (χ0v) is 15.3. The Balaban J connectivity index is 0.00000180. The number of thiazole rings is 1. The number of halogens is 1. The second-order valence-corrected chi connectivity index (χ2v) is 6.84. The van der Waals surface area contributed by atoms with Crippen LogP contribution in [0.2, 0.25) is 0 Å². The molecule has 1 aromatic rings. The summed E-state index contributed by atoms with van der Waals surface area (Å²) in [5.74, 6) is 0.885. The lowest BCUT2D eigenvalue weighted by Gasteiger charge is -2.12. The van der Waals surface area contributed by atoms with E-state index in [0.717, 1.165) is 23.2 Å². The molecule has 1 aromatic heterocycles. The Morgan fingerprint density at radius 3 is 2.53 bits per heavy atom. The van der Waals surface area contributed by atoms with Crippen LogP contribution in [0.4, 0.5) is 0 Å². The maximum Gasteiger partial charge on any atom is 0.191 e. The largest absolute Gasteiger partial charge is 0.353 e. The van der Waals surface area contributed by atoms with E-state index >= 15 is 0 Å². The van der Waals surface area contributed by atoms with E-state index in [2.05, 4.69) is 41.4 Å². The molecule has 0 saturated heterocycles. The van der Waals surface area contributed by atoms with Crippen molar-refractivity contribution in [1.29, 1.82) is 0 Å². The Kier molecular flexibility index (Phi) is 5.61. The average molecular weight is 394 g/mol. The van der Waals surface area contributed by atoms with Crippen LogP contribution in [0.3, 0.4) is 0 Å². The fourth-order valence-electron chi connectivity index (χ4n) is 1.97. The second kappa shape index (κ2) is 6.39. The molecule has 1 unspecified atom stereocenters. The van der Waals surface area contributed by atoms with Gasteiger partial charge in [-0.2, -0.15) is 0 Å². The van der Waals surface area contributed by atoms with Crippen LogP contribution >= 0.6 is 35.3 Å². The van der Waals surface area contributed by atoms with Gasteiger partial charge < -0.3 is 10.6 Å². The first-order valence-corrected chi connectivity index (χ1v) is 7.14. The Morgan fingerprint density at radius 2 is 2.11 bits per heavy atom. The lowest BCUT2D eigenvalue weighted by Crippen LogP contribution is -2.39. The molecule has 0 aromatic carbocycles. The average Bonchev–Trinajstić information content (AvgIpc) is 2.74. The van der Waals surface area contributed by atoms with E-state index in [1.54, 1.807) is 11.3 Å². The molecular formula is C13H23IN4S. The molecule has 2 rings (SSSR count). The summed E-state index contributed by atoms with van der Waals surface area (Å²) in [4.78, 5) is 9.98. The van der Waals surface area contributed by atoms with E-state index < -0.39 is 0 Å². The van der Waals surface area contributed by atoms with Crippen molar-refractivity contribution in [2.45, 2.75) is 46.7 Å². The fraction of sp³-hybridized carbons (Fsp3) is 0.692. The van der Waals surface area contributed by atoms with Gasteiger partial charge in [-0.1, -0.05) is 13.8 Å². The van der Waals surface area contributed by atoms with Gasteiger partial charge in [0.25, 0.3) is 0 Å². The quantitative estimate of drug-likeness (QED) is 0.471. The molecule has 0 aliphatic heterocycles. The summed E-state index contributed by atoms with van der Waals surface area (Å²) in [6.07, 6.45) is 1.21. The van der Waals surface area contributed by atoms with E-state index in [-0.39, 0.29) is 24.0 Å². The van der Waals surface area contributed by atoms with Gasteiger partial charge in [0.15, 0.2) is 5.96 Å². The molecule has 1 heterocycles. The number of guanidine groups is 1. The van der Waals surface area contributed by atoms with Gasteiger partial charge in [0.05, 0.1) is 17.2 Å². The lowest BCUT2D eigenvalue weighted by atomic mass is 10.2. The summed E-state index contributed by atoms with van der Waals surface area (Å²) in [6, 6.07) is 0.549. The van der Waals surface area contributed by atoms with Gasteiger partial charge in [-0.25, -0.2) is 4.98 Å². The molecule has 108 valence electrons. The minimum atomic E-state index is 0. The van der Waals surface area contributed by atoms with Crippen LogP contribution in [0.25, 0.3) is 0 Å². The minimum Gasteiger partial charge on any atom is -0.353 e. The van der Waals surface area contributed by atoms with Crippen molar-refractivity contribution in [2.24, 2.45) is 10.4 Å². The van der Waals surface area contributed by atoms with E-state index in [9.17, 15) is 0 Å². The van der Waals surface area contributed by atoms with Crippen molar-refractivity contribution in [3.05, 3.63) is 15.6 Å². The van der Waals surface area contributed by atoms with Gasteiger partial charge in [-0.15, -0.1) is 35.3 Å². The Hall–Kier alpha value is -0.370. The summed E-state index contributed by atoms with van der Waals surface area (Å²) in [5.41, 5.74) is 1.53. The number of hydrogen-bond donors (Lipinski definition) is 2. The molecule has 1 atom stereocenters. The lowest BCUT2D eigenvalue weighted by molar-refractivity contribution is 0.589. The first-order chi connectivity index (χ1) is 8.42. The summed E-state index contributed by atoms with van der Waals surface area (Å²) >= 11 is 1.74. The third-order valence-electron chi connectivity index (χ3n) is 3.46. The molecule has 19 heavy (non-hydrogen) atoms. The van der Waals surface area contributed by atoms with Crippen molar-refractivity contribution in [1.82, 2.24) is 15.6 Å². The number of hydrogen-bond acceptors (Lipinski definition) is 3. The van der Waals surface area contributed by atoms with Crippen molar-refractivity contribution in [3.8, 4) is 0 Å². The highest BCUT2D eigenvalue weighted by atomic mass is 127. The molecule has 1 aliphatic rings. The van der Waals surface area contributed by atoms with E-state index in [0.29, 0.717) is 11.5 Å². The van der Waals surface area contributed by atoms with Gasteiger partial charge in [0, 0.05) is 18.0 Å². The first-order valence-electron chi connectivity index (χ1n) is 6.32. The van der Waals surface area contributed by atoms with Gasteiger partial charge in [-0.05, 0) is 25.7 Å². The van der Waals surface area contributed by atoms with Crippen LogP contribution in [0.5, 0.6) is 0 Å². The number of nitrogens with one attached hydrogen (secondary N) is 2. The molecule has 1 aliphatic carbocycles. The highest BCUT2D eigenvalue weighted by Gasteiger charge is 2.46. The number of aliphatic imine (C=N–C) groups is 1. The van der Waals surface area contributed by atoms with Gasteiger partial charge >= 0.3 is 0 Å². The molecule has 0 bridgehead atoms. The van der Waals surface area contributed by atoms with Crippen LogP contribution in [0.1, 0.15) is 35.8 Å². The highest BCUT2D eigenvalue weighted by molar-refractivity contribution is 14.0. The van der Waals surface area contributed by atoms with Gasteiger partial charge in [0.1, 0.15) is 0 Å². The number of aromatic nitrogens is 1. The molecule has 2 N–H and O–H groups in total. The minimum absolute atomic E-state index is 0. The first kappa shape index (κ1) is 16.7. The monoisotopic (exact) mass is 394 g/mol. The van der Waals surface area contributed by atoms with Crippen LogP contribution in [0.15, 0.2) is 4.99 Å². The van der Waals surface area contributed by atoms with E-state index in [1.807, 2.05) is 14.0 Å². The predicted octanol–water partition coefficient (Wildman–Crippen LogP) is 2.84. The normalized spacial score (nSPS) is 20.7. The standard InChI is InChI=1S/C13H22N4S.HI/c1-8-10(18-9(2)16-8)7-15-12(14-5)17-11-6-13(11,3)4;/h11H,6-7H2,1-5H3,(H2,14,15,17);1H. The summed E-state index contributed by atoms with van der Waals surface area (Å²) in [5, 5.41) is 7.93. The van der Waals surface area contributed by atoms with Crippen LogP contribution in [-0.2, 0) is 6.54 Å². The van der Waals surface area contributed by atoms with Gasteiger partial charge in [-0.3, -0.25) is 4.99 Å². The summed E-state index contributed by atoms with van der Waals surface area (Å²) < 4.78 is 0. The number of nitrogens with zero attached hydrogens (tertiary/aromatic N) is 2. The van der Waals surface area contributed by atoms with Crippen molar-refractivity contribution in [3.63, 3.8) is 0 Å². The molecule has 0 radical (unpaired) electrons. The highest BCUT2D eigenvalue weighted by Crippen LogP contribution is 2.44. The van der Waals surface area contributed by atoms with Crippen LogP contribution in [-0.4, -0.2) is 24.0 Å². The SMILES string of the molecule is CN=C(NCc1sc(C)nc1C)NC1CC1(C)C.I. The molecule has 0 amide bonds. The molecule has 1 fully saturated rings. The smallest absolute Gasteiger partial charge is 0.191 e. The van der Waals surface area contributed by atoms with Crippen LogP contribution in [0, 0.1) is 19.3 Å². The third kappa shape index (κ3) is 4.30. The Bertz CT molecular complexity index is 467. The maximum absolute atomic E-state index is 4.43. The number of rotatable bonds is 3. The zero-order chi connectivity index (χ0) is 13.3. The summed E-state index contributed by atoms with van der Waals surface area (Å²) in [7, 11) is 1.81. The Morgan fingerprint density at radius 1 is 1.47 bits per heavy atom. The Labute approximate surface area is 136 Å². The van der Waals surface area contributed by atoms with Crippen LogP contribution < -0.4 is 10.6 Å². The van der Waals surface area contributed by atoms with Crippen molar-refractivity contribution < 1.29 is 0 Å². The summed E-state index contributed by atoms with van der Waals surface area (Å²) in [6.45, 7) is 9.44. The second-order valence-electron chi connectivity index (χ2n) is 5.56.